The smallest absolute Gasteiger partial charge is 0.270 e. The number of hydrazone groups is 1. The van der Waals surface area contributed by atoms with Crippen LogP contribution in [0.4, 0.5) is 10.1 Å². The Morgan fingerprint density at radius 2 is 1.88 bits per heavy atom. The summed E-state index contributed by atoms with van der Waals surface area (Å²) in [7, 11) is 1.62. The maximum absolute atomic E-state index is 13.2. The molecule has 0 aliphatic carbocycles. The third kappa shape index (κ3) is 6.01. The van der Waals surface area contributed by atoms with Gasteiger partial charge in [-0.25, -0.2) is 4.39 Å². The fourth-order valence-electron chi connectivity index (χ4n) is 3.69. The number of nitrogens with one attached hydrogen (secondary N) is 1. The molecule has 0 bridgehead atoms. The number of hydrogen-bond acceptors (Lipinski definition) is 7. The zero-order valence-corrected chi connectivity index (χ0v) is 18.1. The maximum Gasteiger partial charge on any atom is 0.270 e. The summed E-state index contributed by atoms with van der Waals surface area (Å²) in [6.07, 6.45) is 0.851. The van der Waals surface area contributed by atoms with Gasteiger partial charge in [-0.1, -0.05) is 0 Å². The van der Waals surface area contributed by atoms with Crippen LogP contribution in [0.1, 0.15) is 12.8 Å². The number of piperazine rings is 1. The number of carbonyl (C=O) groups excluding carboxylic acids is 3. The number of rotatable bonds is 9. The SMILES string of the molecule is COCCCNC(=O)CN1CCN(C(=O)C2=NN(c3ccc(F)cc3)C(C(N)=O)C2)CC1. The number of carbonyl (C=O) groups is 3. The van der Waals surface area contributed by atoms with E-state index in [-0.39, 0.29) is 30.5 Å². The van der Waals surface area contributed by atoms with Crippen molar-refractivity contribution in [2.75, 3.05) is 58.0 Å². The highest BCUT2D eigenvalue weighted by molar-refractivity contribution is 6.40. The van der Waals surface area contributed by atoms with Crippen LogP contribution in [0, 0.1) is 5.82 Å². The molecule has 10 nitrogen and oxygen atoms in total. The second kappa shape index (κ2) is 11.0. The Morgan fingerprint density at radius 3 is 2.50 bits per heavy atom. The van der Waals surface area contributed by atoms with Gasteiger partial charge in [0, 0.05) is 52.9 Å². The van der Waals surface area contributed by atoms with Crippen LogP contribution in [0.25, 0.3) is 0 Å². The van der Waals surface area contributed by atoms with Gasteiger partial charge in [0.1, 0.15) is 17.6 Å². The van der Waals surface area contributed by atoms with Gasteiger partial charge in [0.2, 0.25) is 11.8 Å². The molecule has 3 amide bonds. The number of ether oxygens (including phenoxy) is 1. The van der Waals surface area contributed by atoms with E-state index in [2.05, 4.69) is 10.4 Å². The predicted octanol–water partition coefficient (Wildman–Crippen LogP) is -0.457. The summed E-state index contributed by atoms with van der Waals surface area (Å²) in [6, 6.07) is 4.69. The van der Waals surface area contributed by atoms with Crippen molar-refractivity contribution in [3.05, 3.63) is 30.1 Å². The van der Waals surface area contributed by atoms with Crippen LogP contribution in [-0.2, 0) is 19.1 Å². The lowest BCUT2D eigenvalue weighted by Crippen LogP contribution is -2.52. The van der Waals surface area contributed by atoms with Crippen LogP contribution in [0.2, 0.25) is 0 Å². The van der Waals surface area contributed by atoms with E-state index in [4.69, 9.17) is 10.5 Å². The number of methoxy groups -OCH3 is 1. The van der Waals surface area contributed by atoms with Crippen LogP contribution in [-0.4, -0.2) is 92.3 Å². The molecule has 1 fully saturated rings. The summed E-state index contributed by atoms with van der Waals surface area (Å²) in [4.78, 5) is 40.6. The molecular weight excluding hydrogens is 419 g/mol. The molecule has 1 unspecified atom stereocenters. The van der Waals surface area contributed by atoms with E-state index >= 15 is 0 Å². The number of anilines is 1. The first-order valence-corrected chi connectivity index (χ1v) is 10.6. The van der Waals surface area contributed by atoms with Crippen molar-refractivity contribution in [1.29, 1.82) is 0 Å². The van der Waals surface area contributed by atoms with Gasteiger partial charge < -0.3 is 20.7 Å². The minimum absolute atomic E-state index is 0.0553. The predicted molar refractivity (Wildman–Crippen MR) is 116 cm³/mol. The minimum Gasteiger partial charge on any atom is -0.385 e. The normalized spacial score (nSPS) is 19.1. The summed E-state index contributed by atoms with van der Waals surface area (Å²) in [6.45, 7) is 3.46. The second-order valence-electron chi connectivity index (χ2n) is 7.75. The van der Waals surface area contributed by atoms with Crippen LogP contribution in [0.5, 0.6) is 0 Å². The molecule has 0 aromatic heterocycles. The van der Waals surface area contributed by atoms with Crippen LogP contribution >= 0.6 is 0 Å². The Kier molecular flexibility index (Phi) is 8.12. The lowest BCUT2D eigenvalue weighted by atomic mass is 10.1. The zero-order valence-electron chi connectivity index (χ0n) is 18.1. The highest BCUT2D eigenvalue weighted by Gasteiger charge is 2.37. The number of hydrogen-bond donors (Lipinski definition) is 2. The molecule has 0 radical (unpaired) electrons. The Morgan fingerprint density at radius 1 is 1.19 bits per heavy atom. The van der Waals surface area contributed by atoms with Crippen LogP contribution in [0.15, 0.2) is 29.4 Å². The van der Waals surface area contributed by atoms with Gasteiger partial charge in [-0.15, -0.1) is 0 Å². The Bertz CT molecular complexity index is 854. The van der Waals surface area contributed by atoms with E-state index in [0.29, 0.717) is 45.0 Å². The lowest BCUT2D eigenvalue weighted by molar-refractivity contribution is -0.126. The van der Waals surface area contributed by atoms with E-state index in [0.717, 1.165) is 6.42 Å². The maximum atomic E-state index is 13.2. The van der Waals surface area contributed by atoms with Gasteiger partial charge in [0.15, 0.2) is 0 Å². The summed E-state index contributed by atoms with van der Waals surface area (Å²) in [5, 5.41) is 8.55. The zero-order chi connectivity index (χ0) is 23.1. The van der Waals surface area contributed by atoms with E-state index < -0.39 is 17.8 Å². The van der Waals surface area contributed by atoms with Gasteiger partial charge >= 0.3 is 0 Å². The summed E-state index contributed by atoms with van der Waals surface area (Å²) in [5.74, 6) is -1.34. The largest absolute Gasteiger partial charge is 0.385 e. The third-order valence-corrected chi connectivity index (χ3v) is 5.45. The van der Waals surface area contributed by atoms with Crippen molar-refractivity contribution < 1.29 is 23.5 Å². The highest BCUT2D eigenvalue weighted by Crippen LogP contribution is 2.25. The van der Waals surface area contributed by atoms with Gasteiger partial charge in [-0.2, -0.15) is 5.10 Å². The lowest BCUT2D eigenvalue weighted by Gasteiger charge is -2.34. The fourth-order valence-corrected chi connectivity index (χ4v) is 3.69. The van der Waals surface area contributed by atoms with Crippen molar-refractivity contribution >= 4 is 29.1 Å². The van der Waals surface area contributed by atoms with E-state index in [9.17, 15) is 18.8 Å². The molecule has 1 saturated heterocycles. The molecule has 0 saturated carbocycles. The van der Waals surface area contributed by atoms with Crippen LogP contribution in [0.3, 0.4) is 0 Å². The first-order chi connectivity index (χ1) is 15.4. The molecule has 3 N–H and O–H groups in total. The number of nitrogens with two attached hydrogens (primary N) is 1. The number of nitrogens with zero attached hydrogens (tertiary/aromatic N) is 4. The molecule has 32 heavy (non-hydrogen) atoms. The average Bonchev–Trinajstić information content (AvgIpc) is 3.23. The molecule has 174 valence electrons. The van der Waals surface area contributed by atoms with Crippen molar-refractivity contribution in [3.63, 3.8) is 0 Å². The topological polar surface area (TPSA) is 121 Å². The Hall–Kier alpha value is -3.05. The molecule has 1 aromatic rings. The number of halogens is 1. The van der Waals surface area contributed by atoms with Crippen molar-refractivity contribution in [2.24, 2.45) is 10.8 Å². The molecule has 11 heteroatoms. The average molecular weight is 448 g/mol. The third-order valence-electron chi connectivity index (χ3n) is 5.45. The molecule has 3 rings (SSSR count). The van der Waals surface area contributed by atoms with E-state index in [1.54, 1.807) is 12.0 Å². The molecule has 2 heterocycles. The number of amides is 3. The number of benzene rings is 1. The van der Waals surface area contributed by atoms with Gasteiger partial charge in [-0.3, -0.25) is 24.3 Å². The van der Waals surface area contributed by atoms with Crippen molar-refractivity contribution in [1.82, 2.24) is 15.1 Å². The Labute approximate surface area is 186 Å². The first kappa shape index (κ1) is 23.6. The molecule has 1 aromatic carbocycles. The summed E-state index contributed by atoms with van der Waals surface area (Å²) >= 11 is 0. The second-order valence-corrected chi connectivity index (χ2v) is 7.75. The quantitative estimate of drug-likeness (QED) is 0.494. The molecular formula is C21H29FN6O4. The standard InChI is InChI=1S/C21H29FN6O4/c1-32-12-2-7-24-19(29)14-26-8-10-27(11-9-26)21(31)17-13-18(20(23)30)28(25-17)16-5-3-15(22)4-6-16/h3-6,18H,2,7-14H2,1H3,(H2,23,30)(H,24,29). The molecule has 1 atom stereocenters. The molecule has 2 aliphatic heterocycles. The van der Waals surface area contributed by atoms with Gasteiger partial charge in [0.05, 0.1) is 12.2 Å². The summed E-state index contributed by atoms with van der Waals surface area (Å²) in [5.41, 5.74) is 6.23. The monoisotopic (exact) mass is 448 g/mol. The van der Waals surface area contributed by atoms with Crippen molar-refractivity contribution in [2.45, 2.75) is 18.9 Å². The van der Waals surface area contributed by atoms with Crippen molar-refractivity contribution in [3.8, 4) is 0 Å². The van der Waals surface area contributed by atoms with E-state index in [1.807, 2.05) is 4.90 Å². The summed E-state index contributed by atoms with van der Waals surface area (Å²) < 4.78 is 18.2. The van der Waals surface area contributed by atoms with Gasteiger partial charge in [0.25, 0.3) is 5.91 Å². The Balaban J connectivity index is 1.54. The molecule has 0 spiro atoms. The first-order valence-electron chi connectivity index (χ1n) is 10.6. The fraction of sp³-hybridized carbons (Fsp3) is 0.524. The van der Waals surface area contributed by atoms with Gasteiger partial charge in [-0.05, 0) is 30.7 Å². The van der Waals surface area contributed by atoms with Crippen LogP contribution < -0.4 is 16.1 Å². The highest BCUT2D eigenvalue weighted by atomic mass is 19.1. The molecule has 2 aliphatic rings. The minimum atomic E-state index is -0.803. The number of primary amides is 1. The van der Waals surface area contributed by atoms with E-state index in [1.165, 1.54) is 29.3 Å².